The molecule has 0 bridgehead atoms. The highest BCUT2D eigenvalue weighted by Gasteiger charge is 2.24. The van der Waals surface area contributed by atoms with Gasteiger partial charge in [0.05, 0.1) is 16.0 Å². The molecule has 21 heavy (non-hydrogen) atoms. The van der Waals surface area contributed by atoms with Crippen LogP contribution in [0.3, 0.4) is 0 Å². The van der Waals surface area contributed by atoms with Crippen LogP contribution in [0.4, 0.5) is 0 Å². The number of nitrogens with one attached hydrogen (secondary N) is 1. The summed E-state index contributed by atoms with van der Waals surface area (Å²) in [6, 6.07) is 4.69. The van der Waals surface area contributed by atoms with E-state index in [0.29, 0.717) is 29.7 Å². The minimum atomic E-state index is -3.58. The average molecular weight is 379 g/mol. The molecule has 0 aliphatic rings. The maximum atomic E-state index is 12.3. The summed E-state index contributed by atoms with van der Waals surface area (Å²) in [7, 11) is -3.58. The van der Waals surface area contributed by atoms with Crippen LogP contribution in [-0.4, -0.2) is 27.1 Å². The van der Waals surface area contributed by atoms with Crippen molar-refractivity contribution in [2.24, 2.45) is 5.73 Å². The van der Waals surface area contributed by atoms with Gasteiger partial charge < -0.3 is 10.5 Å². The number of sulfonamides is 1. The standard InChI is InChI=1S/C14H23BrN2O3S/c1-4-14(16,5-2)10-17-21(18,19)11-7-8-13(20-6-3)12(15)9-11/h7-9,17H,4-6,10,16H2,1-3H3. The molecule has 0 saturated heterocycles. The van der Waals surface area contributed by atoms with Gasteiger partial charge in [-0.1, -0.05) is 13.8 Å². The molecule has 0 amide bonds. The molecule has 1 rings (SSSR count). The zero-order valence-corrected chi connectivity index (χ0v) is 15.1. The van der Waals surface area contributed by atoms with E-state index in [2.05, 4.69) is 20.7 Å². The van der Waals surface area contributed by atoms with Gasteiger partial charge in [0.2, 0.25) is 10.0 Å². The second-order valence-electron chi connectivity index (χ2n) is 4.92. The Balaban J connectivity index is 2.91. The number of benzene rings is 1. The van der Waals surface area contributed by atoms with E-state index >= 15 is 0 Å². The van der Waals surface area contributed by atoms with Crippen LogP contribution in [0.25, 0.3) is 0 Å². The van der Waals surface area contributed by atoms with Crippen LogP contribution < -0.4 is 15.2 Å². The first-order valence-electron chi connectivity index (χ1n) is 6.99. The largest absolute Gasteiger partial charge is 0.493 e. The predicted octanol–water partition coefficient (Wildman–Crippen LogP) is 2.64. The zero-order chi connectivity index (χ0) is 16.1. The van der Waals surface area contributed by atoms with Gasteiger partial charge in [0.25, 0.3) is 0 Å². The second-order valence-corrected chi connectivity index (χ2v) is 7.54. The zero-order valence-electron chi connectivity index (χ0n) is 12.6. The van der Waals surface area contributed by atoms with Crippen molar-refractivity contribution in [2.45, 2.75) is 44.0 Å². The smallest absolute Gasteiger partial charge is 0.240 e. The van der Waals surface area contributed by atoms with Gasteiger partial charge in [-0.15, -0.1) is 0 Å². The van der Waals surface area contributed by atoms with E-state index in [1.165, 1.54) is 12.1 Å². The van der Waals surface area contributed by atoms with Crippen molar-refractivity contribution in [3.63, 3.8) is 0 Å². The molecular formula is C14H23BrN2O3S. The quantitative estimate of drug-likeness (QED) is 0.728. The highest BCUT2D eigenvalue weighted by molar-refractivity contribution is 9.10. The molecule has 0 fully saturated rings. The normalized spacial score (nSPS) is 12.4. The monoisotopic (exact) mass is 378 g/mol. The summed E-state index contributed by atoms with van der Waals surface area (Å²) in [5.41, 5.74) is 5.60. The molecule has 120 valence electrons. The number of hydrogen-bond acceptors (Lipinski definition) is 4. The van der Waals surface area contributed by atoms with Gasteiger partial charge in [0.15, 0.2) is 0 Å². The first-order valence-corrected chi connectivity index (χ1v) is 9.26. The van der Waals surface area contributed by atoms with Crippen LogP contribution in [0, 0.1) is 0 Å². The van der Waals surface area contributed by atoms with Crippen LogP contribution in [0.15, 0.2) is 27.6 Å². The Morgan fingerprint density at radius 3 is 2.38 bits per heavy atom. The third kappa shape index (κ3) is 4.95. The van der Waals surface area contributed by atoms with Crippen molar-refractivity contribution < 1.29 is 13.2 Å². The minimum Gasteiger partial charge on any atom is -0.493 e. The van der Waals surface area contributed by atoms with Gasteiger partial charge in [-0.2, -0.15) is 0 Å². The van der Waals surface area contributed by atoms with Crippen molar-refractivity contribution in [2.75, 3.05) is 13.2 Å². The summed E-state index contributed by atoms with van der Waals surface area (Å²) in [5, 5.41) is 0. The summed E-state index contributed by atoms with van der Waals surface area (Å²) >= 11 is 3.32. The Bertz CT molecular complexity index is 572. The number of nitrogens with two attached hydrogens (primary N) is 1. The van der Waals surface area contributed by atoms with E-state index in [-0.39, 0.29) is 11.4 Å². The van der Waals surface area contributed by atoms with E-state index in [4.69, 9.17) is 10.5 Å². The fourth-order valence-corrected chi connectivity index (χ4v) is 3.55. The van der Waals surface area contributed by atoms with Crippen molar-refractivity contribution >= 4 is 26.0 Å². The Morgan fingerprint density at radius 1 is 1.29 bits per heavy atom. The highest BCUT2D eigenvalue weighted by Crippen LogP contribution is 2.27. The molecule has 7 heteroatoms. The number of halogens is 1. The number of ether oxygens (including phenoxy) is 1. The van der Waals surface area contributed by atoms with E-state index in [0.717, 1.165) is 0 Å². The molecule has 3 N–H and O–H groups in total. The minimum absolute atomic E-state index is 0.187. The first-order chi connectivity index (χ1) is 9.78. The topological polar surface area (TPSA) is 81.4 Å². The highest BCUT2D eigenvalue weighted by atomic mass is 79.9. The molecule has 0 spiro atoms. The third-order valence-electron chi connectivity index (χ3n) is 3.54. The number of hydrogen-bond donors (Lipinski definition) is 2. The van der Waals surface area contributed by atoms with Crippen LogP contribution in [0.5, 0.6) is 5.75 Å². The van der Waals surface area contributed by atoms with Gasteiger partial charge >= 0.3 is 0 Å². The van der Waals surface area contributed by atoms with Crippen LogP contribution >= 0.6 is 15.9 Å². The molecule has 0 unspecified atom stereocenters. The summed E-state index contributed by atoms with van der Waals surface area (Å²) in [5.74, 6) is 0.617. The number of rotatable bonds is 8. The lowest BCUT2D eigenvalue weighted by Gasteiger charge is -2.26. The molecule has 0 aromatic heterocycles. The van der Waals surface area contributed by atoms with E-state index in [1.807, 2.05) is 20.8 Å². The van der Waals surface area contributed by atoms with Gasteiger partial charge in [0, 0.05) is 12.1 Å². The van der Waals surface area contributed by atoms with Crippen LogP contribution in [0.1, 0.15) is 33.6 Å². The Kier molecular flexibility index (Phi) is 6.65. The summed E-state index contributed by atoms with van der Waals surface area (Å²) in [4.78, 5) is 0.187. The van der Waals surface area contributed by atoms with Gasteiger partial charge in [0.1, 0.15) is 5.75 Å². The molecule has 5 nitrogen and oxygen atoms in total. The van der Waals surface area contributed by atoms with E-state index in [9.17, 15) is 8.42 Å². The Hall–Kier alpha value is -0.630. The maximum Gasteiger partial charge on any atom is 0.240 e. The molecule has 1 aromatic carbocycles. The Labute approximate surface area is 135 Å². The van der Waals surface area contributed by atoms with Crippen molar-refractivity contribution in [1.29, 1.82) is 0 Å². The van der Waals surface area contributed by atoms with Gasteiger partial charge in [-0.05, 0) is 53.9 Å². The third-order valence-corrected chi connectivity index (χ3v) is 5.55. The van der Waals surface area contributed by atoms with Crippen LogP contribution in [-0.2, 0) is 10.0 Å². The predicted molar refractivity (Wildman–Crippen MR) is 88.0 cm³/mol. The lowest BCUT2D eigenvalue weighted by Crippen LogP contribution is -2.49. The molecule has 0 atom stereocenters. The fourth-order valence-electron chi connectivity index (χ4n) is 1.74. The summed E-state index contributed by atoms with van der Waals surface area (Å²) < 4.78 is 33.2. The molecule has 0 heterocycles. The molecule has 1 aromatic rings. The molecule has 0 aliphatic carbocycles. The van der Waals surface area contributed by atoms with Crippen LogP contribution in [0.2, 0.25) is 0 Å². The fraction of sp³-hybridized carbons (Fsp3) is 0.571. The van der Waals surface area contributed by atoms with Crippen molar-refractivity contribution in [1.82, 2.24) is 4.72 Å². The van der Waals surface area contributed by atoms with Crippen molar-refractivity contribution in [3.8, 4) is 5.75 Å². The second kappa shape index (κ2) is 7.58. The summed E-state index contributed by atoms with van der Waals surface area (Å²) in [6.45, 7) is 6.50. The molecule has 0 aliphatic heterocycles. The maximum absolute atomic E-state index is 12.3. The SMILES string of the molecule is CCOc1ccc(S(=O)(=O)NCC(N)(CC)CC)cc1Br. The van der Waals surface area contributed by atoms with Gasteiger partial charge in [-0.25, -0.2) is 13.1 Å². The lowest BCUT2D eigenvalue weighted by molar-refractivity contribution is 0.338. The molecule has 0 radical (unpaired) electrons. The Morgan fingerprint density at radius 2 is 1.90 bits per heavy atom. The van der Waals surface area contributed by atoms with E-state index in [1.54, 1.807) is 6.07 Å². The average Bonchev–Trinajstić information content (AvgIpc) is 2.47. The van der Waals surface area contributed by atoms with E-state index < -0.39 is 15.6 Å². The van der Waals surface area contributed by atoms with Gasteiger partial charge in [-0.3, -0.25) is 0 Å². The summed E-state index contributed by atoms with van der Waals surface area (Å²) in [6.07, 6.45) is 1.41. The first kappa shape index (κ1) is 18.4. The van der Waals surface area contributed by atoms with Crippen molar-refractivity contribution in [3.05, 3.63) is 22.7 Å². The molecular weight excluding hydrogens is 356 g/mol. The lowest BCUT2D eigenvalue weighted by atomic mass is 9.95. The molecule has 0 saturated carbocycles.